The Balaban J connectivity index is 2.37. The maximum atomic E-state index is 10.5. The van der Waals surface area contributed by atoms with Crippen LogP contribution in [0, 0.1) is 5.41 Å². The van der Waals surface area contributed by atoms with Crippen molar-refractivity contribution in [3.63, 3.8) is 0 Å². The lowest BCUT2D eigenvalue weighted by molar-refractivity contribution is 0.188. The van der Waals surface area contributed by atoms with Gasteiger partial charge in [0.2, 0.25) is 0 Å². The van der Waals surface area contributed by atoms with Crippen LogP contribution in [0.3, 0.4) is 0 Å². The Bertz CT molecular complexity index is 257. The molecule has 1 saturated heterocycles. The Morgan fingerprint density at radius 2 is 2.06 bits per heavy atom. The second-order valence-electron chi connectivity index (χ2n) is 5.06. The molecule has 0 aromatic carbocycles. The van der Waals surface area contributed by atoms with Crippen LogP contribution in [-0.4, -0.2) is 36.8 Å². The molecule has 0 saturated carbocycles. The number of carbonyl (C=O) groups is 1. The van der Waals surface area contributed by atoms with Crippen LogP contribution in [0.5, 0.6) is 0 Å². The fourth-order valence-corrected chi connectivity index (χ4v) is 2.01. The van der Waals surface area contributed by atoms with Crippen molar-refractivity contribution in [2.75, 3.05) is 19.6 Å². The lowest BCUT2D eigenvalue weighted by Gasteiger charge is -2.32. The molecule has 1 aliphatic heterocycles. The number of nitrogens with two attached hydrogens (primary N) is 1. The highest BCUT2D eigenvalue weighted by atomic mass is 16.2. The van der Waals surface area contributed by atoms with Gasteiger partial charge < -0.3 is 10.6 Å². The van der Waals surface area contributed by atoms with Gasteiger partial charge in [0, 0.05) is 18.2 Å². The van der Waals surface area contributed by atoms with Gasteiger partial charge >= 0.3 is 6.03 Å². The fraction of sp³-hybridized carbons (Fsp3) is 0.818. The molecular weight excluding hydrogens is 204 g/mol. The highest BCUT2D eigenvalue weighted by Gasteiger charge is 2.21. The molecule has 3 N–H and O–H groups in total. The first-order chi connectivity index (χ1) is 7.49. The first kappa shape index (κ1) is 13.0. The van der Waals surface area contributed by atoms with Crippen LogP contribution in [-0.2, 0) is 0 Å². The Hall–Kier alpha value is -1.10. The molecule has 0 aromatic heterocycles. The van der Waals surface area contributed by atoms with E-state index in [4.69, 9.17) is 5.73 Å². The average molecular weight is 226 g/mol. The molecule has 5 heteroatoms. The number of nitrogens with one attached hydrogen (secondary N) is 1. The van der Waals surface area contributed by atoms with Crippen molar-refractivity contribution in [2.45, 2.75) is 33.1 Å². The van der Waals surface area contributed by atoms with Crippen LogP contribution < -0.4 is 11.2 Å². The minimum atomic E-state index is -0.620. The number of primary amides is 1. The van der Waals surface area contributed by atoms with Crippen molar-refractivity contribution < 1.29 is 4.79 Å². The number of hydrogen-bond donors (Lipinski definition) is 2. The summed E-state index contributed by atoms with van der Waals surface area (Å²) in [5.74, 6) is 0. The number of hydrogen-bond acceptors (Lipinski definition) is 3. The summed E-state index contributed by atoms with van der Waals surface area (Å²) >= 11 is 0. The van der Waals surface area contributed by atoms with Crippen LogP contribution in [0.25, 0.3) is 0 Å². The predicted octanol–water partition coefficient (Wildman–Crippen LogP) is 1.15. The summed E-state index contributed by atoms with van der Waals surface area (Å²) in [5.41, 5.74) is 7.12. The minimum absolute atomic E-state index is 0.0419. The summed E-state index contributed by atoms with van der Waals surface area (Å²) in [7, 11) is 0. The number of hydrazone groups is 1. The second-order valence-corrected chi connectivity index (χ2v) is 5.06. The van der Waals surface area contributed by atoms with E-state index in [1.807, 2.05) is 0 Å². The summed E-state index contributed by atoms with van der Waals surface area (Å²) in [6.45, 7) is 7.51. The maximum absolute atomic E-state index is 10.5. The van der Waals surface area contributed by atoms with E-state index in [0.717, 1.165) is 6.54 Å². The number of nitrogens with zero attached hydrogens (tertiary/aromatic N) is 2. The van der Waals surface area contributed by atoms with Crippen LogP contribution in [0.4, 0.5) is 4.79 Å². The van der Waals surface area contributed by atoms with E-state index in [1.165, 1.54) is 32.4 Å². The van der Waals surface area contributed by atoms with Gasteiger partial charge in [-0.05, 0) is 25.9 Å². The molecule has 1 fully saturated rings. The number of likely N-dealkylation sites (tertiary alicyclic amines) is 1. The Kier molecular flexibility index (Phi) is 4.73. The smallest absolute Gasteiger partial charge is 0.332 e. The highest BCUT2D eigenvalue weighted by molar-refractivity contribution is 5.73. The first-order valence-electron chi connectivity index (χ1n) is 5.82. The van der Waals surface area contributed by atoms with Crippen LogP contribution in [0.15, 0.2) is 5.10 Å². The summed E-state index contributed by atoms with van der Waals surface area (Å²) in [6.07, 6.45) is 5.67. The topological polar surface area (TPSA) is 70.7 Å². The van der Waals surface area contributed by atoms with Gasteiger partial charge in [-0.1, -0.05) is 20.3 Å². The number of urea groups is 1. The SMILES string of the molecule is CC(C)(/C=N/NC(N)=O)CN1CCCCC1. The van der Waals surface area contributed by atoms with Crippen molar-refractivity contribution in [3.05, 3.63) is 0 Å². The standard InChI is InChI=1S/C11H22N4O/c1-11(2,8-13-14-10(12)16)9-15-6-4-3-5-7-15/h8H,3-7,9H2,1-2H3,(H3,12,14,16)/b13-8+. The molecule has 92 valence electrons. The van der Waals surface area contributed by atoms with E-state index in [0.29, 0.717) is 0 Å². The van der Waals surface area contributed by atoms with Gasteiger partial charge in [0.05, 0.1) is 0 Å². The average Bonchev–Trinajstić information content (AvgIpc) is 2.17. The van der Waals surface area contributed by atoms with Gasteiger partial charge in [0.15, 0.2) is 0 Å². The summed E-state index contributed by atoms with van der Waals surface area (Å²) in [4.78, 5) is 12.9. The van der Waals surface area contributed by atoms with Crippen molar-refractivity contribution in [1.29, 1.82) is 0 Å². The van der Waals surface area contributed by atoms with E-state index in [9.17, 15) is 4.79 Å². The second kappa shape index (κ2) is 5.84. The van der Waals surface area contributed by atoms with E-state index >= 15 is 0 Å². The van der Waals surface area contributed by atoms with Gasteiger partial charge in [0.25, 0.3) is 0 Å². The van der Waals surface area contributed by atoms with E-state index in [2.05, 4.69) is 29.3 Å². The summed E-state index contributed by atoms with van der Waals surface area (Å²) in [5, 5.41) is 3.83. The Labute approximate surface area is 97.1 Å². The van der Waals surface area contributed by atoms with E-state index in [1.54, 1.807) is 6.21 Å². The zero-order valence-electron chi connectivity index (χ0n) is 10.2. The summed E-state index contributed by atoms with van der Waals surface area (Å²) in [6, 6.07) is -0.620. The molecule has 1 rings (SSSR count). The lowest BCUT2D eigenvalue weighted by atomic mass is 9.93. The fourth-order valence-electron chi connectivity index (χ4n) is 2.01. The van der Waals surface area contributed by atoms with Gasteiger partial charge in [-0.15, -0.1) is 0 Å². The predicted molar refractivity (Wildman–Crippen MR) is 65.3 cm³/mol. The molecule has 5 nitrogen and oxygen atoms in total. The van der Waals surface area contributed by atoms with Crippen LogP contribution in [0.2, 0.25) is 0 Å². The molecule has 0 bridgehead atoms. The molecule has 0 aliphatic carbocycles. The molecule has 0 aromatic rings. The van der Waals surface area contributed by atoms with Gasteiger partial charge in [0.1, 0.15) is 0 Å². The normalized spacial score (nSPS) is 18.9. The molecule has 0 atom stereocenters. The molecular formula is C11H22N4O. The van der Waals surface area contributed by atoms with E-state index in [-0.39, 0.29) is 5.41 Å². The third kappa shape index (κ3) is 5.11. The molecule has 0 unspecified atom stereocenters. The molecule has 1 heterocycles. The molecule has 2 amide bonds. The monoisotopic (exact) mass is 226 g/mol. The highest BCUT2D eigenvalue weighted by Crippen LogP contribution is 2.17. The number of amides is 2. The third-order valence-electron chi connectivity index (χ3n) is 2.67. The zero-order chi connectivity index (χ0) is 12.0. The minimum Gasteiger partial charge on any atom is -0.350 e. The molecule has 16 heavy (non-hydrogen) atoms. The van der Waals surface area contributed by atoms with Crippen molar-refractivity contribution in [1.82, 2.24) is 10.3 Å². The Morgan fingerprint density at radius 1 is 1.44 bits per heavy atom. The molecule has 1 aliphatic rings. The maximum Gasteiger partial charge on any atom is 0.332 e. The number of rotatable bonds is 4. The Morgan fingerprint density at radius 3 is 2.62 bits per heavy atom. The van der Waals surface area contributed by atoms with Crippen molar-refractivity contribution in [2.24, 2.45) is 16.3 Å². The molecule has 0 radical (unpaired) electrons. The van der Waals surface area contributed by atoms with Gasteiger partial charge in [-0.25, -0.2) is 10.2 Å². The largest absolute Gasteiger partial charge is 0.350 e. The van der Waals surface area contributed by atoms with Crippen LogP contribution in [0.1, 0.15) is 33.1 Å². The molecule has 0 spiro atoms. The first-order valence-corrected chi connectivity index (χ1v) is 5.82. The summed E-state index contributed by atoms with van der Waals surface area (Å²) < 4.78 is 0. The zero-order valence-corrected chi connectivity index (χ0v) is 10.2. The van der Waals surface area contributed by atoms with Crippen molar-refractivity contribution in [3.8, 4) is 0 Å². The third-order valence-corrected chi connectivity index (χ3v) is 2.67. The van der Waals surface area contributed by atoms with E-state index < -0.39 is 6.03 Å². The number of piperidine rings is 1. The quantitative estimate of drug-likeness (QED) is 0.557. The number of carbonyl (C=O) groups excluding carboxylic acids is 1. The van der Waals surface area contributed by atoms with Crippen LogP contribution >= 0.6 is 0 Å². The van der Waals surface area contributed by atoms with Crippen molar-refractivity contribution >= 4 is 12.2 Å². The van der Waals surface area contributed by atoms with Gasteiger partial charge in [-0.3, -0.25) is 0 Å². The lowest BCUT2D eigenvalue weighted by Crippen LogP contribution is -2.39. The van der Waals surface area contributed by atoms with Gasteiger partial charge in [-0.2, -0.15) is 5.10 Å².